The van der Waals surface area contributed by atoms with Crippen molar-refractivity contribution in [2.24, 2.45) is 0 Å². The first-order chi connectivity index (χ1) is 12.2. The first-order valence-electron chi connectivity index (χ1n) is 7.66. The molecule has 0 saturated carbocycles. The van der Waals surface area contributed by atoms with Gasteiger partial charge in [-0.05, 0) is 36.8 Å². The van der Waals surface area contributed by atoms with E-state index in [4.69, 9.17) is 0 Å². The number of benzene rings is 1. The number of aryl methyl sites for hydroxylation is 1. The van der Waals surface area contributed by atoms with E-state index in [0.29, 0.717) is 16.9 Å². The zero-order chi connectivity index (χ0) is 19.1. The first kappa shape index (κ1) is 17.7. The first-order valence-corrected chi connectivity index (χ1v) is 7.66. The van der Waals surface area contributed by atoms with Crippen LogP contribution in [0.15, 0.2) is 36.4 Å². The fourth-order valence-corrected chi connectivity index (χ4v) is 2.67. The molecule has 2 heterocycles. The lowest BCUT2D eigenvalue weighted by molar-refractivity contribution is -0.167. The number of aromatic nitrogens is 1. The summed E-state index contributed by atoms with van der Waals surface area (Å²) < 4.78 is 36.9. The number of nitrogens with one attached hydrogen (secondary N) is 2. The van der Waals surface area contributed by atoms with E-state index in [-0.39, 0.29) is 11.6 Å². The molecule has 2 aromatic rings. The predicted molar refractivity (Wildman–Crippen MR) is 88.7 cm³/mol. The number of fused-ring (bicyclic) bond motifs is 1. The second kappa shape index (κ2) is 6.32. The summed E-state index contributed by atoms with van der Waals surface area (Å²) >= 11 is 0. The van der Waals surface area contributed by atoms with Gasteiger partial charge in [0.2, 0.25) is 0 Å². The minimum Gasteiger partial charge on any atom is -0.335 e. The summed E-state index contributed by atoms with van der Waals surface area (Å²) in [6.45, 7) is 1.81. The highest BCUT2D eigenvalue weighted by atomic mass is 19.4. The van der Waals surface area contributed by atoms with Crippen LogP contribution in [-0.2, 0) is 4.79 Å². The summed E-state index contributed by atoms with van der Waals surface area (Å²) in [5.74, 6) is -1.81. The normalized spacial score (nSPS) is 16.7. The van der Waals surface area contributed by atoms with Crippen LogP contribution in [0.2, 0.25) is 0 Å². The Balaban J connectivity index is 1.84. The second-order valence-corrected chi connectivity index (χ2v) is 5.88. The maximum absolute atomic E-state index is 12.3. The van der Waals surface area contributed by atoms with Gasteiger partial charge in [-0.2, -0.15) is 13.2 Å². The molecule has 0 unspecified atom stereocenters. The number of rotatable bonds is 2. The van der Waals surface area contributed by atoms with Crippen LogP contribution in [-0.4, -0.2) is 30.0 Å². The van der Waals surface area contributed by atoms with Crippen LogP contribution >= 0.6 is 0 Å². The summed E-state index contributed by atoms with van der Waals surface area (Å²) in [4.78, 5) is 29.4. The molecule has 0 saturated heterocycles. The van der Waals surface area contributed by atoms with Crippen LogP contribution in [0.1, 0.15) is 27.8 Å². The molecule has 136 valence electrons. The Labute approximate surface area is 147 Å². The van der Waals surface area contributed by atoms with Gasteiger partial charge in [-0.25, -0.2) is 4.98 Å². The Hall–Kier alpha value is -3.10. The molecule has 1 aromatic heterocycles. The molecule has 26 heavy (non-hydrogen) atoms. The zero-order valence-electron chi connectivity index (χ0n) is 13.9. The molecule has 0 fully saturated rings. The number of carbonyl (C=O) groups excluding carboxylic acids is 2. The van der Waals surface area contributed by atoms with Crippen molar-refractivity contribution in [1.29, 1.82) is 0 Å². The molecule has 0 bridgehead atoms. The minimum atomic E-state index is -4.95. The summed E-state index contributed by atoms with van der Waals surface area (Å²) in [5.41, 5.74) is 1.85. The van der Waals surface area contributed by atoms with Gasteiger partial charge in [-0.15, -0.1) is 0 Å². The number of hydrogen-bond acceptors (Lipinski definition) is 4. The topological polar surface area (TPSA) is 74.3 Å². The molecule has 1 aliphatic heterocycles. The van der Waals surface area contributed by atoms with E-state index >= 15 is 0 Å². The average molecular weight is 364 g/mol. The van der Waals surface area contributed by atoms with Gasteiger partial charge < -0.3 is 15.5 Å². The maximum Gasteiger partial charge on any atom is 0.471 e. The van der Waals surface area contributed by atoms with Gasteiger partial charge in [0.25, 0.3) is 5.91 Å². The Bertz CT molecular complexity index is 865. The Morgan fingerprint density at radius 3 is 2.46 bits per heavy atom. The molecule has 2 N–H and O–H groups in total. The number of halogens is 3. The number of amides is 2. The number of alkyl halides is 3. The van der Waals surface area contributed by atoms with Crippen LogP contribution in [0, 0.1) is 6.92 Å². The van der Waals surface area contributed by atoms with E-state index < -0.39 is 18.2 Å². The van der Waals surface area contributed by atoms with E-state index in [2.05, 4.69) is 10.3 Å². The molecule has 2 amide bonds. The molecule has 1 atom stereocenters. The number of nitrogens with zero attached hydrogens (tertiary/aromatic N) is 2. The lowest BCUT2D eigenvalue weighted by Crippen LogP contribution is -2.45. The van der Waals surface area contributed by atoms with Gasteiger partial charge in [0, 0.05) is 18.4 Å². The smallest absolute Gasteiger partial charge is 0.335 e. The quantitative estimate of drug-likeness (QED) is 0.859. The van der Waals surface area contributed by atoms with Crippen LogP contribution < -0.4 is 15.5 Å². The summed E-state index contributed by atoms with van der Waals surface area (Å²) in [6.07, 6.45) is -5.49. The van der Waals surface area contributed by atoms with Gasteiger partial charge in [0.05, 0.1) is 5.56 Å². The van der Waals surface area contributed by atoms with E-state index in [9.17, 15) is 22.8 Å². The van der Waals surface area contributed by atoms with Gasteiger partial charge in [0.1, 0.15) is 12.0 Å². The van der Waals surface area contributed by atoms with Crippen molar-refractivity contribution < 1.29 is 22.8 Å². The number of pyridine rings is 1. The van der Waals surface area contributed by atoms with Gasteiger partial charge in [0.15, 0.2) is 0 Å². The van der Waals surface area contributed by atoms with Crippen LogP contribution in [0.3, 0.4) is 0 Å². The van der Waals surface area contributed by atoms with E-state index in [0.717, 1.165) is 5.69 Å². The summed E-state index contributed by atoms with van der Waals surface area (Å²) in [7, 11) is 1.76. The van der Waals surface area contributed by atoms with E-state index in [1.807, 2.05) is 6.92 Å². The molecule has 9 heteroatoms. The highest BCUT2D eigenvalue weighted by Gasteiger charge is 2.38. The Morgan fingerprint density at radius 2 is 1.85 bits per heavy atom. The van der Waals surface area contributed by atoms with Crippen molar-refractivity contribution in [2.75, 3.05) is 17.3 Å². The molecule has 0 spiro atoms. The maximum atomic E-state index is 12.3. The highest BCUT2D eigenvalue weighted by Crippen LogP contribution is 2.31. The number of anilines is 2. The van der Waals surface area contributed by atoms with Crippen molar-refractivity contribution in [1.82, 2.24) is 10.3 Å². The molecular formula is C17H15F3N4O2. The molecule has 1 aliphatic rings. The fourth-order valence-electron chi connectivity index (χ4n) is 2.67. The predicted octanol–water partition coefficient (Wildman–Crippen LogP) is 2.77. The molecular weight excluding hydrogens is 349 g/mol. The van der Waals surface area contributed by atoms with E-state index in [1.54, 1.807) is 29.4 Å². The van der Waals surface area contributed by atoms with Crippen LogP contribution in [0.25, 0.3) is 0 Å². The third kappa shape index (κ3) is 3.32. The zero-order valence-corrected chi connectivity index (χ0v) is 13.9. The van der Waals surface area contributed by atoms with Crippen molar-refractivity contribution in [3.8, 4) is 0 Å². The summed E-state index contributed by atoms with van der Waals surface area (Å²) in [5, 5.41) is 4.60. The van der Waals surface area contributed by atoms with Crippen molar-refractivity contribution in [3.05, 3.63) is 53.2 Å². The van der Waals surface area contributed by atoms with Crippen molar-refractivity contribution in [3.63, 3.8) is 0 Å². The van der Waals surface area contributed by atoms with Crippen molar-refractivity contribution in [2.45, 2.75) is 19.3 Å². The fraction of sp³-hybridized carbons (Fsp3) is 0.235. The monoisotopic (exact) mass is 364 g/mol. The standard InChI is InChI=1S/C17H15F3N4O2/c1-9-3-8-12-14(21-9)24(2)13(23-15(12)25)10-4-6-11(7-5-10)22-16(26)17(18,19)20/h3-8,13H,1-2H3,(H,22,26)(H,23,25)/t13-/m0/s1. The highest BCUT2D eigenvalue weighted by molar-refractivity contribution is 6.01. The lowest BCUT2D eigenvalue weighted by Gasteiger charge is -2.35. The SMILES string of the molecule is Cc1ccc2c(n1)N(C)[C@@H](c1ccc(NC(=O)C(F)(F)F)cc1)NC2=O. The van der Waals surface area contributed by atoms with Crippen molar-refractivity contribution >= 4 is 23.3 Å². The third-order valence-electron chi connectivity index (χ3n) is 3.99. The molecule has 1 aromatic carbocycles. The molecule has 3 rings (SSSR count). The summed E-state index contributed by atoms with van der Waals surface area (Å²) in [6, 6.07) is 9.19. The van der Waals surface area contributed by atoms with Gasteiger partial charge in [-0.3, -0.25) is 9.59 Å². The number of carbonyl (C=O) groups is 2. The largest absolute Gasteiger partial charge is 0.471 e. The average Bonchev–Trinajstić information content (AvgIpc) is 2.58. The van der Waals surface area contributed by atoms with Crippen LogP contribution in [0.4, 0.5) is 24.7 Å². The van der Waals surface area contributed by atoms with E-state index in [1.165, 1.54) is 24.3 Å². The Morgan fingerprint density at radius 1 is 1.19 bits per heavy atom. The second-order valence-electron chi connectivity index (χ2n) is 5.88. The minimum absolute atomic E-state index is 0.00948. The van der Waals surface area contributed by atoms with Crippen LogP contribution in [0.5, 0.6) is 0 Å². The molecule has 0 radical (unpaired) electrons. The number of hydrogen-bond donors (Lipinski definition) is 2. The van der Waals surface area contributed by atoms with Gasteiger partial charge in [-0.1, -0.05) is 12.1 Å². The lowest BCUT2D eigenvalue weighted by atomic mass is 10.1. The van der Waals surface area contributed by atoms with Gasteiger partial charge >= 0.3 is 12.1 Å². The molecule has 6 nitrogen and oxygen atoms in total. The molecule has 0 aliphatic carbocycles. The Kier molecular flexibility index (Phi) is 4.31. The third-order valence-corrected chi connectivity index (χ3v) is 3.99.